The molecular formula is C13H19N5S. The highest BCUT2D eigenvalue weighted by atomic mass is 32.2. The van der Waals surface area contributed by atoms with Crippen molar-refractivity contribution < 1.29 is 0 Å². The Morgan fingerprint density at radius 2 is 1.89 bits per heavy atom. The SMILES string of the molecule is Cn1ccnc1Sc1ncc(CNC(C)(C)C)cn1. The third-order valence-corrected chi connectivity index (χ3v) is 3.43. The van der Waals surface area contributed by atoms with E-state index in [9.17, 15) is 0 Å². The zero-order chi connectivity index (χ0) is 13.9. The van der Waals surface area contributed by atoms with Gasteiger partial charge in [-0.3, -0.25) is 0 Å². The summed E-state index contributed by atoms with van der Waals surface area (Å²) in [6.07, 6.45) is 7.39. The van der Waals surface area contributed by atoms with Crippen LogP contribution < -0.4 is 5.32 Å². The van der Waals surface area contributed by atoms with Crippen molar-refractivity contribution in [3.63, 3.8) is 0 Å². The number of rotatable bonds is 4. The van der Waals surface area contributed by atoms with Gasteiger partial charge < -0.3 is 9.88 Å². The van der Waals surface area contributed by atoms with Crippen LogP contribution in [0.25, 0.3) is 0 Å². The summed E-state index contributed by atoms with van der Waals surface area (Å²) < 4.78 is 1.95. The van der Waals surface area contributed by atoms with Crippen molar-refractivity contribution in [1.29, 1.82) is 0 Å². The molecule has 0 radical (unpaired) electrons. The molecular weight excluding hydrogens is 258 g/mol. The van der Waals surface area contributed by atoms with E-state index < -0.39 is 0 Å². The molecule has 5 nitrogen and oxygen atoms in total. The maximum Gasteiger partial charge on any atom is 0.195 e. The van der Waals surface area contributed by atoms with Crippen molar-refractivity contribution in [1.82, 2.24) is 24.8 Å². The average molecular weight is 277 g/mol. The van der Waals surface area contributed by atoms with E-state index in [1.165, 1.54) is 11.8 Å². The van der Waals surface area contributed by atoms with Crippen molar-refractivity contribution in [3.8, 4) is 0 Å². The topological polar surface area (TPSA) is 55.6 Å². The van der Waals surface area contributed by atoms with E-state index in [2.05, 4.69) is 41.0 Å². The van der Waals surface area contributed by atoms with Crippen LogP contribution in [0.3, 0.4) is 0 Å². The summed E-state index contributed by atoms with van der Waals surface area (Å²) in [5, 5.41) is 5.01. The second-order valence-corrected chi connectivity index (χ2v) is 6.33. The molecule has 0 saturated heterocycles. The fourth-order valence-corrected chi connectivity index (χ4v) is 2.08. The summed E-state index contributed by atoms with van der Waals surface area (Å²) in [5.74, 6) is 0. The lowest BCUT2D eigenvalue weighted by Crippen LogP contribution is -2.35. The number of nitrogens with one attached hydrogen (secondary N) is 1. The molecule has 0 spiro atoms. The lowest BCUT2D eigenvalue weighted by molar-refractivity contribution is 0.423. The Kier molecular flexibility index (Phi) is 4.21. The molecule has 0 bridgehead atoms. The second kappa shape index (κ2) is 5.71. The predicted molar refractivity (Wildman–Crippen MR) is 76.0 cm³/mol. The van der Waals surface area contributed by atoms with Gasteiger partial charge in [-0.05, 0) is 32.5 Å². The molecule has 0 unspecified atom stereocenters. The number of imidazole rings is 1. The van der Waals surface area contributed by atoms with Crippen LogP contribution in [-0.2, 0) is 13.6 Å². The highest BCUT2D eigenvalue weighted by Gasteiger charge is 2.09. The van der Waals surface area contributed by atoms with Gasteiger partial charge in [0, 0.05) is 49.5 Å². The van der Waals surface area contributed by atoms with Crippen LogP contribution in [0.1, 0.15) is 26.3 Å². The molecule has 0 amide bonds. The molecule has 6 heteroatoms. The van der Waals surface area contributed by atoms with Gasteiger partial charge in [0.2, 0.25) is 0 Å². The minimum Gasteiger partial charge on any atom is -0.329 e. The van der Waals surface area contributed by atoms with Crippen molar-refractivity contribution in [2.45, 2.75) is 43.2 Å². The monoisotopic (exact) mass is 277 g/mol. The number of nitrogens with zero attached hydrogens (tertiary/aromatic N) is 4. The number of aryl methyl sites for hydroxylation is 1. The van der Waals surface area contributed by atoms with Crippen LogP contribution >= 0.6 is 11.8 Å². The van der Waals surface area contributed by atoms with Crippen LogP contribution in [0.15, 0.2) is 35.1 Å². The van der Waals surface area contributed by atoms with Crippen molar-refractivity contribution in [2.75, 3.05) is 0 Å². The van der Waals surface area contributed by atoms with E-state index in [1.54, 1.807) is 6.20 Å². The smallest absolute Gasteiger partial charge is 0.195 e. The van der Waals surface area contributed by atoms with Gasteiger partial charge in [-0.15, -0.1) is 0 Å². The Morgan fingerprint density at radius 1 is 1.21 bits per heavy atom. The standard InChI is InChI=1S/C13H19N5S/c1-13(2,3)17-9-10-7-15-11(16-8-10)19-12-14-5-6-18(12)4/h5-8,17H,9H2,1-4H3. The Hall–Kier alpha value is -1.40. The molecule has 2 heterocycles. The summed E-state index contributed by atoms with van der Waals surface area (Å²) in [6, 6.07) is 0. The molecule has 0 fully saturated rings. The quantitative estimate of drug-likeness (QED) is 0.869. The van der Waals surface area contributed by atoms with Crippen molar-refractivity contribution >= 4 is 11.8 Å². The zero-order valence-electron chi connectivity index (χ0n) is 11.7. The minimum absolute atomic E-state index is 0.0976. The molecule has 102 valence electrons. The molecule has 0 aliphatic rings. The first-order valence-electron chi connectivity index (χ1n) is 6.15. The summed E-state index contributed by atoms with van der Waals surface area (Å²) >= 11 is 1.46. The Labute approximate surface area is 117 Å². The van der Waals surface area contributed by atoms with E-state index in [-0.39, 0.29) is 5.54 Å². The van der Waals surface area contributed by atoms with E-state index >= 15 is 0 Å². The lowest BCUT2D eigenvalue weighted by Gasteiger charge is -2.20. The third-order valence-electron chi connectivity index (χ3n) is 2.46. The van der Waals surface area contributed by atoms with Gasteiger partial charge in [-0.2, -0.15) is 0 Å². The van der Waals surface area contributed by atoms with Crippen molar-refractivity contribution in [3.05, 3.63) is 30.4 Å². The molecule has 2 aromatic rings. The largest absolute Gasteiger partial charge is 0.329 e. The van der Waals surface area contributed by atoms with Gasteiger partial charge in [0.05, 0.1) is 0 Å². The lowest BCUT2D eigenvalue weighted by atomic mass is 10.1. The molecule has 0 atom stereocenters. The maximum atomic E-state index is 4.35. The summed E-state index contributed by atoms with van der Waals surface area (Å²) in [5.41, 5.74) is 1.18. The zero-order valence-corrected chi connectivity index (χ0v) is 12.5. The second-order valence-electron chi connectivity index (χ2n) is 5.40. The normalized spacial score (nSPS) is 11.8. The Morgan fingerprint density at radius 3 is 2.42 bits per heavy atom. The van der Waals surface area contributed by atoms with Gasteiger partial charge in [-0.25, -0.2) is 15.0 Å². The van der Waals surface area contributed by atoms with Crippen LogP contribution in [0.4, 0.5) is 0 Å². The first-order chi connectivity index (χ1) is 8.94. The minimum atomic E-state index is 0.0976. The highest BCUT2D eigenvalue weighted by molar-refractivity contribution is 7.99. The van der Waals surface area contributed by atoms with Gasteiger partial charge in [0.15, 0.2) is 10.3 Å². The fourth-order valence-electron chi connectivity index (χ4n) is 1.39. The fraction of sp³-hybridized carbons (Fsp3) is 0.462. The average Bonchev–Trinajstić information content (AvgIpc) is 2.73. The predicted octanol–water partition coefficient (Wildman–Crippen LogP) is 2.25. The molecule has 2 aromatic heterocycles. The van der Waals surface area contributed by atoms with Gasteiger partial charge >= 0.3 is 0 Å². The summed E-state index contributed by atoms with van der Waals surface area (Å²) in [6.45, 7) is 7.19. The van der Waals surface area contributed by atoms with Crippen LogP contribution in [-0.4, -0.2) is 25.1 Å². The van der Waals surface area contributed by atoms with E-state index in [1.807, 2.05) is 30.2 Å². The van der Waals surface area contributed by atoms with E-state index in [0.717, 1.165) is 17.3 Å². The highest BCUT2D eigenvalue weighted by Crippen LogP contribution is 2.21. The first kappa shape index (κ1) is 14.0. The summed E-state index contributed by atoms with van der Waals surface area (Å²) in [7, 11) is 1.96. The van der Waals surface area contributed by atoms with Crippen LogP contribution in [0.5, 0.6) is 0 Å². The number of aromatic nitrogens is 4. The molecule has 0 aliphatic carbocycles. The molecule has 0 aliphatic heterocycles. The van der Waals surface area contributed by atoms with Gasteiger partial charge in [0.25, 0.3) is 0 Å². The molecule has 0 saturated carbocycles. The van der Waals surface area contributed by atoms with Crippen molar-refractivity contribution in [2.24, 2.45) is 7.05 Å². The Balaban J connectivity index is 1.97. The molecule has 0 aromatic carbocycles. The molecule has 2 rings (SSSR count). The molecule has 1 N–H and O–H groups in total. The van der Waals surface area contributed by atoms with Gasteiger partial charge in [-0.1, -0.05) is 0 Å². The van der Waals surface area contributed by atoms with E-state index in [4.69, 9.17) is 0 Å². The number of hydrogen-bond acceptors (Lipinski definition) is 5. The number of hydrogen-bond donors (Lipinski definition) is 1. The van der Waals surface area contributed by atoms with Gasteiger partial charge in [0.1, 0.15) is 0 Å². The molecule has 19 heavy (non-hydrogen) atoms. The van der Waals surface area contributed by atoms with Crippen LogP contribution in [0.2, 0.25) is 0 Å². The third kappa shape index (κ3) is 4.33. The summed E-state index contributed by atoms with van der Waals surface area (Å²) in [4.78, 5) is 12.9. The van der Waals surface area contributed by atoms with Crippen LogP contribution in [0, 0.1) is 0 Å². The maximum absolute atomic E-state index is 4.35. The first-order valence-corrected chi connectivity index (χ1v) is 6.97. The van der Waals surface area contributed by atoms with E-state index in [0.29, 0.717) is 5.16 Å². The Bertz CT molecular complexity index is 527.